The number of rotatable bonds is 11. The van der Waals surface area contributed by atoms with Gasteiger partial charge in [-0.05, 0) is 35.8 Å². The van der Waals surface area contributed by atoms with Crippen LogP contribution < -0.4 is 10.6 Å². The average Bonchev–Trinajstić information content (AvgIpc) is 4.06. The Morgan fingerprint density at radius 1 is 0.772 bits per heavy atom. The number of nitrogens with zero attached hydrogens (tertiary/aromatic N) is 4. The van der Waals surface area contributed by atoms with Gasteiger partial charge in [-0.3, -0.25) is 9.59 Å². The Morgan fingerprint density at radius 3 is 1.77 bits per heavy atom. The molecule has 4 amide bonds. The Bertz CT molecular complexity index is 2070. The van der Waals surface area contributed by atoms with Crippen molar-refractivity contribution in [1.29, 1.82) is 0 Å². The van der Waals surface area contributed by atoms with Gasteiger partial charge >= 0.3 is 12.2 Å². The molecule has 0 aliphatic carbocycles. The molecule has 5 heterocycles. The molecule has 5 N–H and O–H groups in total. The van der Waals surface area contributed by atoms with Crippen LogP contribution in [0.5, 0.6) is 0 Å². The minimum absolute atomic E-state index is 0.194. The third-order valence-electron chi connectivity index (χ3n) is 11.0. The summed E-state index contributed by atoms with van der Waals surface area (Å²) in [5, 5.41) is 14.4. The fourth-order valence-electron chi connectivity index (χ4n) is 8.02. The van der Waals surface area contributed by atoms with E-state index >= 15 is 0 Å². The van der Waals surface area contributed by atoms with Crippen molar-refractivity contribution in [3.05, 3.63) is 72.6 Å². The van der Waals surface area contributed by atoms with Crippen molar-refractivity contribution < 1.29 is 38.5 Å². The predicted octanol–water partition coefficient (Wildman–Crippen LogP) is 5.49. The number of carbonyl (C=O) groups excluding carboxylic acids is 3. The van der Waals surface area contributed by atoms with Gasteiger partial charge < -0.3 is 49.7 Å². The van der Waals surface area contributed by atoms with Gasteiger partial charge in [-0.2, -0.15) is 0 Å². The number of methoxy groups -OCH3 is 1. The van der Waals surface area contributed by atoms with Crippen molar-refractivity contribution in [2.24, 2.45) is 11.8 Å². The lowest BCUT2D eigenvalue weighted by Crippen LogP contribution is -2.52. The van der Waals surface area contributed by atoms with Crippen LogP contribution in [0.3, 0.4) is 0 Å². The van der Waals surface area contributed by atoms with Gasteiger partial charge in [0.2, 0.25) is 11.8 Å². The summed E-state index contributed by atoms with van der Waals surface area (Å²) in [7, 11) is 1.27. The van der Waals surface area contributed by atoms with E-state index in [1.165, 1.54) is 7.11 Å². The highest BCUT2D eigenvalue weighted by Gasteiger charge is 2.53. The number of ether oxygens (including phenoxy) is 3. The minimum atomic E-state index is -1.22. The van der Waals surface area contributed by atoms with Gasteiger partial charge in [0.1, 0.15) is 23.7 Å². The lowest BCUT2D eigenvalue weighted by atomic mass is 10.0. The second-order valence-electron chi connectivity index (χ2n) is 15.5. The molecule has 0 saturated carbocycles. The molecule has 302 valence electrons. The van der Waals surface area contributed by atoms with E-state index in [2.05, 4.69) is 20.6 Å². The number of hydrogen-bond donors (Lipinski definition) is 5. The molecule has 1 spiro atoms. The van der Waals surface area contributed by atoms with Crippen LogP contribution >= 0.6 is 0 Å². The second kappa shape index (κ2) is 16.4. The van der Waals surface area contributed by atoms with Crippen LogP contribution in [0.1, 0.15) is 70.7 Å². The smallest absolute Gasteiger partial charge is 0.407 e. The van der Waals surface area contributed by atoms with Crippen molar-refractivity contribution in [3.8, 4) is 33.6 Å². The molecule has 0 bridgehead atoms. The van der Waals surface area contributed by atoms with Gasteiger partial charge in [-0.15, -0.1) is 0 Å². The highest BCUT2D eigenvalue weighted by Crippen LogP contribution is 2.43. The number of carbonyl (C=O) groups is 4. The summed E-state index contributed by atoms with van der Waals surface area (Å²) in [6.07, 6.45) is 3.71. The van der Waals surface area contributed by atoms with E-state index in [0.29, 0.717) is 37.8 Å². The van der Waals surface area contributed by atoms with Gasteiger partial charge in [0.05, 0.1) is 50.3 Å². The summed E-state index contributed by atoms with van der Waals surface area (Å²) in [6, 6.07) is 13.8. The number of imidazole rings is 2. The first-order chi connectivity index (χ1) is 27.4. The number of aromatic nitrogens is 4. The number of carboxylic acid groups (broad SMARTS) is 1. The maximum atomic E-state index is 13.9. The second-order valence-corrected chi connectivity index (χ2v) is 15.5. The number of alkyl carbamates (subject to hydrolysis) is 1. The molecule has 4 aromatic rings. The van der Waals surface area contributed by atoms with E-state index < -0.39 is 36.1 Å². The molecular formula is C41H50N8O8. The Labute approximate surface area is 330 Å². The van der Waals surface area contributed by atoms with Crippen LogP contribution in [-0.4, -0.2) is 110 Å². The van der Waals surface area contributed by atoms with Crippen LogP contribution in [0, 0.1) is 11.8 Å². The summed E-state index contributed by atoms with van der Waals surface area (Å²) < 4.78 is 16.8. The fourth-order valence-corrected chi connectivity index (χ4v) is 8.02. The number of H-pyrrole nitrogens is 2. The zero-order valence-corrected chi connectivity index (χ0v) is 32.8. The number of hydrogen-bond acceptors (Lipinski definition) is 9. The SMILES string of the molecule is COC(=O)N[C@H](C(=O)N1CC2(C[C@H]1c1nc(-c3ccc(-c4ccc(-c5c[nH]c([C@@H]6CCCN6C(=O)[C@@H](NC(=O)O)C(C)C)n5)cc4)cc3)c[nH]1)OCCO2)C(C)C. The van der Waals surface area contributed by atoms with Gasteiger partial charge in [-0.1, -0.05) is 76.2 Å². The maximum Gasteiger partial charge on any atom is 0.407 e. The third kappa shape index (κ3) is 8.23. The van der Waals surface area contributed by atoms with Gasteiger partial charge in [0.15, 0.2) is 5.79 Å². The van der Waals surface area contributed by atoms with Crippen LogP contribution in [0.15, 0.2) is 60.9 Å². The fraction of sp³-hybridized carbons (Fsp3) is 0.463. The first-order valence-corrected chi connectivity index (χ1v) is 19.4. The number of aromatic amines is 2. The van der Waals surface area contributed by atoms with Crippen LogP contribution in [0.2, 0.25) is 0 Å². The normalized spacial score (nSPS) is 20.0. The van der Waals surface area contributed by atoms with Crippen LogP contribution in [0.4, 0.5) is 9.59 Å². The molecule has 0 radical (unpaired) electrons. The Morgan fingerprint density at radius 2 is 1.26 bits per heavy atom. The zero-order valence-electron chi connectivity index (χ0n) is 32.8. The van der Waals surface area contributed by atoms with Crippen molar-refractivity contribution in [3.63, 3.8) is 0 Å². The molecule has 0 unspecified atom stereocenters. The molecule has 57 heavy (non-hydrogen) atoms. The van der Waals surface area contributed by atoms with E-state index in [1.807, 2.05) is 88.6 Å². The standard InChI is InChI=1S/C41H50N8O8/c1-23(2)33(46-39(52)53)37(50)48-16-6-7-31(48)35-42-20-29(44-35)27-12-8-25(9-13-27)26-10-14-28(15-11-26)30-21-43-36(45-30)32-19-41(56-17-18-57-41)22-49(32)38(51)34(24(3)4)47-40(54)55-5/h8-15,20-21,23-24,31-34,46H,6-7,16-19,22H2,1-5H3,(H,42,44)(H,43,45)(H,47,54)(H,52,53)/t31-,32-,33-,34-/m0/s1. The molecule has 3 fully saturated rings. The summed E-state index contributed by atoms with van der Waals surface area (Å²) in [5.41, 5.74) is 5.32. The maximum absolute atomic E-state index is 13.9. The van der Waals surface area contributed by atoms with Crippen molar-refractivity contribution in [2.45, 2.75) is 76.9 Å². The minimum Gasteiger partial charge on any atom is -0.465 e. The quantitative estimate of drug-likeness (QED) is 0.130. The van der Waals surface area contributed by atoms with Crippen molar-refractivity contribution in [2.75, 3.05) is 33.4 Å². The first kappa shape index (κ1) is 39.5. The van der Waals surface area contributed by atoms with Crippen molar-refractivity contribution in [1.82, 2.24) is 40.4 Å². The Balaban J connectivity index is 1.03. The monoisotopic (exact) mass is 782 g/mol. The molecule has 3 aliphatic heterocycles. The van der Waals surface area contributed by atoms with Crippen LogP contribution in [-0.2, 0) is 23.8 Å². The predicted molar refractivity (Wildman–Crippen MR) is 208 cm³/mol. The van der Waals surface area contributed by atoms with E-state index in [4.69, 9.17) is 24.2 Å². The van der Waals surface area contributed by atoms with Crippen LogP contribution in [0.25, 0.3) is 33.6 Å². The van der Waals surface area contributed by atoms with Gasteiger partial charge in [0.25, 0.3) is 0 Å². The third-order valence-corrected chi connectivity index (χ3v) is 11.0. The molecule has 16 heteroatoms. The molecule has 2 aromatic heterocycles. The van der Waals surface area contributed by atoms with E-state index in [0.717, 1.165) is 46.5 Å². The Hall–Kier alpha value is -5.74. The van der Waals surface area contributed by atoms with E-state index in [-0.39, 0.29) is 36.2 Å². The molecule has 2 aromatic carbocycles. The van der Waals surface area contributed by atoms with E-state index in [1.54, 1.807) is 9.80 Å². The summed E-state index contributed by atoms with van der Waals surface area (Å²) in [6.45, 7) is 9.00. The summed E-state index contributed by atoms with van der Waals surface area (Å²) >= 11 is 0. The largest absolute Gasteiger partial charge is 0.465 e. The summed E-state index contributed by atoms with van der Waals surface area (Å²) in [5.74, 6) is -0.556. The molecule has 3 aliphatic rings. The van der Waals surface area contributed by atoms with E-state index in [9.17, 15) is 24.3 Å². The van der Waals surface area contributed by atoms with Gasteiger partial charge in [-0.25, -0.2) is 19.6 Å². The molecule has 7 rings (SSSR count). The number of likely N-dealkylation sites (tertiary alicyclic amines) is 2. The molecule has 4 atom stereocenters. The highest BCUT2D eigenvalue weighted by atomic mass is 16.7. The lowest BCUT2D eigenvalue weighted by molar-refractivity contribution is -0.153. The number of benzene rings is 2. The molecule has 3 saturated heterocycles. The first-order valence-electron chi connectivity index (χ1n) is 19.4. The lowest BCUT2D eigenvalue weighted by Gasteiger charge is -2.30. The Kier molecular flexibility index (Phi) is 11.4. The average molecular weight is 783 g/mol. The number of amides is 4. The number of nitrogens with one attached hydrogen (secondary N) is 4. The molecular weight excluding hydrogens is 732 g/mol. The topological polar surface area (TPSA) is 204 Å². The zero-order chi connectivity index (χ0) is 40.4. The highest BCUT2D eigenvalue weighted by molar-refractivity contribution is 5.87. The van der Waals surface area contributed by atoms with Crippen molar-refractivity contribution >= 4 is 24.0 Å². The van der Waals surface area contributed by atoms with Gasteiger partial charge in [0, 0.05) is 36.5 Å². The molecule has 16 nitrogen and oxygen atoms in total. The summed E-state index contributed by atoms with van der Waals surface area (Å²) in [4.78, 5) is 70.5.